The van der Waals surface area contributed by atoms with Crippen LogP contribution in [0.15, 0.2) is 24.3 Å². The highest BCUT2D eigenvalue weighted by Crippen LogP contribution is 2.41. The molecule has 3 atom stereocenters. The lowest BCUT2D eigenvalue weighted by Crippen LogP contribution is -2.34. The quantitative estimate of drug-likeness (QED) is 0.817. The van der Waals surface area contributed by atoms with E-state index in [2.05, 4.69) is 43.4 Å². The van der Waals surface area contributed by atoms with E-state index in [1.54, 1.807) is 0 Å². The monoisotopic (exact) mass is 287 g/mol. The molecule has 0 radical (unpaired) electrons. The molecular formula is C19H29NO. The lowest BCUT2D eigenvalue weighted by Gasteiger charge is -2.39. The van der Waals surface area contributed by atoms with E-state index in [9.17, 15) is 0 Å². The van der Waals surface area contributed by atoms with Gasteiger partial charge in [-0.05, 0) is 69.2 Å². The van der Waals surface area contributed by atoms with Crippen molar-refractivity contribution in [2.45, 2.75) is 70.9 Å². The van der Waals surface area contributed by atoms with E-state index < -0.39 is 0 Å². The van der Waals surface area contributed by atoms with Crippen molar-refractivity contribution in [1.82, 2.24) is 0 Å². The van der Waals surface area contributed by atoms with Crippen LogP contribution in [0.5, 0.6) is 5.75 Å². The van der Waals surface area contributed by atoms with Crippen molar-refractivity contribution in [3.63, 3.8) is 0 Å². The van der Waals surface area contributed by atoms with Crippen molar-refractivity contribution >= 4 is 5.69 Å². The number of hydrogen-bond acceptors (Lipinski definition) is 2. The second-order valence-electron chi connectivity index (χ2n) is 7.15. The standard InChI is InChI=1S/C19H29NO/c1-14(2)21-19-11-9-17(10-12-19)20-18-8-7-15-5-3-4-6-16(15)13-18/h9-12,14-16,18,20H,3-8,13H2,1-2H3. The van der Waals surface area contributed by atoms with Crippen LogP contribution in [0.2, 0.25) is 0 Å². The first-order chi connectivity index (χ1) is 10.2. The third-order valence-corrected chi connectivity index (χ3v) is 5.14. The second-order valence-corrected chi connectivity index (χ2v) is 7.15. The summed E-state index contributed by atoms with van der Waals surface area (Å²) in [5.74, 6) is 2.97. The summed E-state index contributed by atoms with van der Waals surface area (Å²) in [6.45, 7) is 4.13. The first-order valence-corrected chi connectivity index (χ1v) is 8.74. The molecule has 116 valence electrons. The molecule has 0 saturated heterocycles. The van der Waals surface area contributed by atoms with Crippen molar-refractivity contribution in [2.24, 2.45) is 11.8 Å². The Morgan fingerprint density at radius 3 is 2.38 bits per heavy atom. The Kier molecular flexibility index (Phi) is 4.72. The molecule has 0 bridgehead atoms. The number of ether oxygens (including phenoxy) is 1. The zero-order valence-corrected chi connectivity index (χ0v) is 13.5. The molecule has 21 heavy (non-hydrogen) atoms. The lowest BCUT2D eigenvalue weighted by molar-refractivity contribution is 0.162. The molecule has 0 aliphatic heterocycles. The highest BCUT2D eigenvalue weighted by atomic mass is 16.5. The number of rotatable bonds is 4. The molecule has 3 rings (SSSR count). The summed E-state index contributed by atoms with van der Waals surface area (Å²) in [5.41, 5.74) is 1.24. The molecule has 1 N–H and O–H groups in total. The fraction of sp³-hybridized carbons (Fsp3) is 0.684. The SMILES string of the molecule is CC(C)Oc1ccc(NC2CCC3CCCCC3C2)cc1. The van der Waals surface area contributed by atoms with Gasteiger partial charge < -0.3 is 10.1 Å². The average molecular weight is 287 g/mol. The van der Waals surface area contributed by atoms with Crippen LogP contribution >= 0.6 is 0 Å². The summed E-state index contributed by atoms with van der Waals surface area (Å²) < 4.78 is 5.70. The molecule has 2 heteroatoms. The van der Waals surface area contributed by atoms with Crippen LogP contribution in [0.3, 0.4) is 0 Å². The molecule has 1 aromatic rings. The first-order valence-electron chi connectivity index (χ1n) is 8.74. The normalized spacial score (nSPS) is 29.0. The van der Waals surface area contributed by atoms with Crippen molar-refractivity contribution in [3.05, 3.63) is 24.3 Å². The molecule has 0 amide bonds. The Balaban J connectivity index is 1.54. The molecule has 2 aliphatic carbocycles. The van der Waals surface area contributed by atoms with Crippen LogP contribution < -0.4 is 10.1 Å². The smallest absolute Gasteiger partial charge is 0.119 e. The molecule has 2 saturated carbocycles. The Morgan fingerprint density at radius 2 is 1.67 bits per heavy atom. The third-order valence-electron chi connectivity index (χ3n) is 5.14. The summed E-state index contributed by atoms with van der Waals surface area (Å²) in [4.78, 5) is 0. The summed E-state index contributed by atoms with van der Waals surface area (Å²) in [6, 6.07) is 9.14. The van der Waals surface area contributed by atoms with Gasteiger partial charge in [0.1, 0.15) is 5.75 Å². The van der Waals surface area contributed by atoms with Gasteiger partial charge in [-0.25, -0.2) is 0 Å². The number of anilines is 1. The highest BCUT2D eigenvalue weighted by molar-refractivity contribution is 5.47. The average Bonchev–Trinajstić information content (AvgIpc) is 2.49. The van der Waals surface area contributed by atoms with Crippen LogP contribution in [-0.4, -0.2) is 12.1 Å². The molecule has 1 aromatic carbocycles. The lowest BCUT2D eigenvalue weighted by atomic mass is 9.69. The van der Waals surface area contributed by atoms with E-state index in [0.29, 0.717) is 6.04 Å². The van der Waals surface area contributed by atoms with Gasteiger partial charge in [0, 0.05) is 11.7 Å². The van der Waals surface area contributed by atoms with Crippen LogP contribution in [0.1, 0.15) is 58.8 Å². The third kappa shape index (κ3) is 3.93. The summed E-state index contributed by atoms with van der Waals surface area (Å²) >= 11 is 0. The van der Waals surface area contributed by atoms with Gasteiger partial charge in [0.05, 0.1) is 6.10 Å². The fourth-order valence-electron chi connectivity index (χ4n) is 4.14. The van der Waals surface area contributed by atoms with Crippen molar-refractivity contribution in [1.29, 1.82) is 0 Å². The fourth-order valence-corrected chi connectivity index (χ4v) is 4.14. The van der Waals surface area contributed by atoms with Gasteiger partial charge in [-0.2, -0.15) is 0 Å². The summed E-state index contributed by atoms with van der Waals surface area (Å²) in [5, 5.41) is 3.74. The molecule has 2 fully saturated rings. The molecule has 0 heterocycles. The van der Waals surface area contributed by atoms with Crippen LogP contribution in [-0.2, 0) is 0 Å². The van der Waals surface area contributed by atoms with Gasteiger partial charge in [-0.3, -0.25) is 0 Å². The van der Waals surface area contributed by atoms with Crippen LogP contribution in [0, 0.1) is 11.8 Å². The van der Waals surface area contributed by atoms with Crippen molar-refractivity contribution in [3.8, 4) is 5.75 Å². The summed E-state index contributed by atoms with van der Waals surface area (Å²) in [6.07, 6.45) is 10.2. The largest absolute Gasteiger partial charge is 0.491 e. The molecule has 3 unspecified atom stereocenters. The van der Waals surface area contributed by atoms with E-state index in [-0.39, 0.29) is 6.10 Å². The van der Waals surface area contributed by atoms with E-state index in [0.717, 1.165) is 17.6 Å². The molecular weight excluding hydrogens is 258 g/mol. The van der Waals surface area contributed by atoms with Crippen LogP contribution in [0.25, 0.3) is 0 Å². The van der Waals surface area contributed by atoms with Gasteiger partial charge in [0.2, 0.25) is 0 Å². The second kappa shape index (κ2) is 6.72. The van der Waals surface area contributed by atoms with Crippen molar-refractivity contribution in [2.75, 3.05) is 5.32 Å². The number of fused-ring (bicyclic) bond motifs is 1. The van der Waals surface area contributed by atoms with Gasteiger partial charge in [0.25, 0.3) is 0 Å². The first kappa shape index (κ1) is 14.7. The molecule has 2 aliphatic rings. The van der Waals surface area contributed by atoms with E-state index >= 15 is 0 Å². The minimum absolute atomic E-state index is 0.241. The maximum atomic E-state index is 5.70. The Labute approximate surface area is 129 Å². The Hall–Kier alpha value is -1.18. The maximum absolute atomic E-state index is 5.70. The van der Waals surface area contributed by atoms with E-state index in [1.165, 1.54) is 50.6 Å². The zero-order chi connectivity index (χ0) is 14.7. The molecule has 2 nitrogen and oxygen atoms in total. The molecule has 0 aromatic heterocycles. The predicted octanol–water partition coefficient (Wildman–Crippen LogP) is 5.24. The maximum Gasteiger partial charge on any atom is 0.119 e. The van der Waals surface area contributed by atoms with Gasteiger partial charge >= 0.3 is 0 Å². The van der Waals surface area contributed by atoms with Gasteiger partial charge in [-0.1, -0.05) is 25.7 Å². The number of hydrogen-bond donors (Lipinski definition) is 1. The molecule has 0 spiro atoms. The van der Waals surface area contributed by atoms with Crippen LogP contribution in [0.4, 0.5) is 5.69 Å². The van der Waals surface area contributed by atoms with Gasteiger partial charge in [0.15, 0.2) is 0 Å². The Morgan fingerprint density at radius 1 is 0.952 bits per heavy atom. The minimum atomic E-state index is 0.241. The minimum Gasteiger partial charge on any atom is -0.491 e. The highest BCUT2D eigenvalue weighted by Gasteiger charge is 2.31. The van der Waals surface area contributed by atoms with E-state index in [4.69, 9.17) is 4.74 Å². The Bertz CT molecular complexity index is 439. The van der Waals surface area contributed by atoms with Gasteiger partial charge in [-0.15, -0.1) is 0 Å². The number of benzene rings is 1. The topological polar surface area (TPSA) is 21.3 Å². The summed E-state index contributed by atoms with van der Waals surface area (Å²) in [7, 11) is 0. The predicted molar refractivity (Wildman–Crippen MR) is 88.9 cm³/mol. The zero-order valence-electron chi connectivity index (χ0n) is 13.5. The van der Waals surface area contributed by atoms with Crippen molar-refractivity contribution < 1.29 is 4.74 Å². The van der Waals surface area contributed by atoms with E-state index in [1.807, 2.05) is 0 Å². The number of nitrogens with one attached hydrogen (secondary N) is 1.